The number of rotatable bonds is 19. The Kier molecular flexibility index (Phi) is 45.0. The number of ether oxygens (including phenoxy) is 6. The first-order chi connectivity index (χ1) is 62.9. The quantitative estimate of drug-likeness (QED) is 0.0199. The molecule has 1 N–H and O–H groups in total. The molecule has 4 aliphatic heterocycles. The minimum absolute atomic E-state index is 0. The summed E-state index contributed by atoms with van der Waals surface area (Å²) in [5, 5.41) is 9.91. The van der Waals surface area contributed by atoms with E-state index in [1.165, 1.54) is 74.7 Å². The van der Waals surface area contributed by atoms with Gasteiger partial charge in [-0.15, -0.1) is 0 Å². The van der Waals surface area contributed by atoms with Crippen LogP contribution in [0.3, 0.4) is 0 Å². The van der Waals surface area contributed by atoms with Crippen LogP contribution in [0.15, 0.2) is 322 Å². The number of aliphatic hydroxyl groups excluding tert-OH is 1. The molecule has 26 heteroatoms. The molecule has 0 amide bonds. The van der Waals surface area contributed by atoms with Crippen LogP contribution in [0.4, 0.5) is 30.7 Å². The number of aliphatic hydroxyl groups is 1. The summed E-state index contributed by atoms with van der Waals surface area (Å²) in [5.41, 5.74) is 4.05. The van der Waals surface area contributed by atoms with Gasteiger partial charge in [0, 0.05) is 114 Å². The topological polar surface area (TPSA) is 214 Å². The number of alkyl halides is 7. The van der Waals surface area contributed by atoms with Crippen molar-refractivity contribution in [3.63, 3.8) is 0 Å². The monoisotopic (exact) mass is 2040 g/mol. The predicted molar refractivity (Wildman–Crippen MR) is 516 cm³/mol. The van der Waals surface area contributed by atoms with Crippen LogP contribution in [0.2, 0.25) is 36.3 Å². The van der Waals surface area contributed by atoms with E-state index < -0.39 is 68.5 Å². The van der Waals surface area contributed by atoms with Crippen molar-refractivity contribution < 1.29 is 156 Å². The maximum Gasteiger partial charge on any atom is 0.460 e. The Balaban J connectivity index is 0.000000276. The summed E-state index contributed by atoms with van der Waals surface area (Å²) in [7, 11) is -1.98. The number of carbonyl (C=O) groups excluding carboxylic acids is 7. The van der Waals surface area contributed by atoms with Crippen LogP contribution in [-0.2, 0) is 66.7 Å². The van der Waals surface area contributed by atoms with E-state index in [9.17, 15) is 69.4 Å². The molecule has 4 heterocycles. The van der Waals surface area contributed by atoms with E-state index in [0.29, 0.717) is 55.5 Å². The van der Waals surface area contributed by atoms with E-state index in [0.717, 1.165) is 52.4 Å². The number of hydrogen-bond acceptors (Lipinski definition) is 16. The number of benzene rings is 7. The van der Waals surface area contributed by atoms with Crippen molar-refractivity contribution in [2.75, 3.05) is 7.11 Å². The van der Waals surface area contributed by atoms with Crippen LogP contribution < -0.4 is 0 Å². The van der Waals surface area contributed by atoms with E-state index >= 15 is 0 Å². The van der Waals surface area contributed by atoms with Gasteiger partial charge >= 0.3 is 18.0 Å². The van der Waals surface area contributed by atoms with Crippen molar-refractivity contribution in [3.8, 4) is 0 Å². The molecule has 0 spiro atoms. The molecular weight excluding hydrogens is 1910 g/mol. The van der Waals surface area contributed by atoms with Gasteiger partial charge in [0.1, 0.15) is 43.1 Å². The summed E-state index contributed by atoms with van der Waals surface area (Å²) in [6, 6.07) is 68.2. The number of carbonyl (C=O) groups is 7. The number of allylic oxidation sites excluding steroid dienone is 8. The van der Waals surface area contributed by atoms with E-state index in [4.69, 9.17) is 37.3 Å². The first-order valence-corrected chi connectivity index (χ1v) is 50.4. The van der Waals surface area contributed by atoms with Gasteiger partial charge < -0.3 is 42.4 Å². The maximum absolute atomic E-state index is 13.7. The van der Waals surface area contributed by atoms with Crippen molar-refractivity contribution in [1.82, 2.24) is 0 Å². The summed E-state index contributed by atoms with van der Waals surface area (Å²) in [6.07, 6.45) is 19.6. The van der Waals surface area contributed by atoms with Crippen LogP contribution in [0.5, 0.6) is 0 Å². The SMILES string of the molecule is C=C(/C=C/OC)O[Si](C)(C)C(C)(C)C.C=C(/C=C/OC1C[C@H](C)CC[C@H]1C(C)(C)c1ccccc1)O[Si](C)(C)C(C)(C)C.CC12CCC(C(=C(O)C(F)(F)C(F)(F)C(F)(F)F)C1=O)C2(C)C.O=C1C=CO[C@@H](c2ccccc2)C1.O=C1C=CO[C@@H](c2ccccc2)C1.O=C1C=CO[C@H](c2ccccc2)C1.O=C1C=CO[C@H](c2ccccc2)C1.O=Cc1ccccc1.O=Cc1ccccc1.[Eu]. The van der Waals surface area contributed by atoms with Gasteiger partial charge in [-0.25, -0.2) is 0 Å². The summed E-state index contributed by atoms with van der Waals surface area (Å²) in [6.45, 7) is 41.7. The van der Waals surface area contributed by atoms with Crippen molar-refractivity contribution >= 4 is 58.1 Å². The van der Waals surface area contributed by atoms with E-state index in [-0.39, 0.29) is 125 Å². The number of ketones is 5. The third-order valence-corrected chi connectivity index (χ3v) is 34.3. The minimum Gasteiger partial charge on any atom is -0.544 e. The number of methoxy groups -OCH3 is 1. The largest absolute Gasteiger partial charge is 0.544 e. The Hall–Kier alpha value is -10.4. The first kappa shape index (κ1) is 115. The predicted octanol–water partition coefficient (Wildman–Crippen LogP) is 28.1. The number of halogens is 7. The summed E-state index contributed by atoms with van der Waals surface area (Å²) in [4.78, 5) is 76.6. The Morgan fingerprint density at radius 1 is 0.467 bits per heavy atom. The molecule has 0 aromatic heterocycles. The summed E-state index contributed by atoms with van der Waals surface area (Å²) < 4.78 is 135. The van der Waals surface area contributed by atoms with Crippen molar-refractivity contribution in [2.24, 2.45) is 28.6 Å². The second-order valence-corrected chi connectivity index (χ2v) is 47.2. The minimum atomic E-state index is -6.56. The Labute approximate surface area is 835 Å². The first-order valence-electron chi connectivity index (χ1n) is 44.6. The summed E-state index contributed by atoms with van der Waals surface area (Å²) in [5.74, 6) is -13.8. The second-order valence-electron chi connectivity index (χ2n) is 37.8. The maximum atomic E-state index is 13.7. The van der Waals surface area contributed by atoms with Gasteiger partial charge in [-0.05, 0) is 112 Å². The zero-order chi connectivity index (χ0) is 99.5. The fourth-order valence-corrected chi connectivity index (χ4v) is 17.0. The molecule has 16 nitrogen and oxygen atoms in total. The molecule has 727 valence electrons. The molecule has 1 radical (unpaired) electrons. The number of Topliss-reactive ketones (excluding diaryl/α,β-unsaturated/α-hetero) is 1. The van der Waals surface area contributed by atoms with Gasteiger partial charge in [-0.1, -0.05) is 315 Å². The van der Waals surface area contributed by atoms with Crippen LogP contribution >= 0.6 is 0 Å². The molecule has 3 fully saturated rings. The number of hydrogen-bond donors (Lipinski definition) is 1. The third kappa shape index (κ3) is 34.1. The normalized spacial score (nSPS) is 21.3. The molecule has 9 atom stereocenters. The van der Waals surface area contributed by atoms with Crippen LogP contribution in [-0.4, -0.2) is 94.5 Å². The van der Waals surface area contributed by atoms with E-state index in [2.05, 4.69) is 132 Å². The van der Waals surface area contributed by atoms with Gasteiger partial charge in [-0.2, -0.15) is 30.7 Å². The van der Waals surface area contributed by atoms with Crippen molar-refractivity contribution in [2.45, 2.75) is 231 Å². The van der Waals surface area contributed by atoms with Crippen molar-refractivity contribution in [3.05, 3.63) is 361 Å². The fraction of sp³-hybridized carbons (Fsp3) is 0.385. The Morgan fingerprint density at radius 3 is 1.05 bits per heavy atom. The van der Waals surface area contributed by atoms with Gasteiger partial charge in [0.2, 0.25) is 16.6 Å². The second kappa shape index (κ2) is 52.8. The Bertz CT molecular complexity index is 4840. The molecule has 3 saturated carbocycles. The molecule has 2 bridgehead atoms. The molecule has 135 heavy (non-hydrogen) atoms. The van der Waals surface area contributed by atoms with Gasteiger partial charge in [-0.3, -0.25) is 33.6 Å². The van der Waals surface area contributed by atoms with Crippen LogP contribution in [0, 0.1) is 78.0 Å². The number of fused-ring (bicyclic) bond motifs is 2. The summed E-state index contributed by atoms with van der Waals surface area (Å²) >= 11 is 0. The smallest absolute Gasteiger partial charge is 0.460 e. The fourth-order valence-electron chi connectivity index (χ4n) is 15.0. The average molecular weight is 2040 g/mol. The molecule has 7 aliphatic rings. The Morgan fingerprint density at radius 2 is 0.778 bits per heavy atom. The molecule has 3 aliphatic carbocycles. The van der Waals surface area contributed by atoms with Crippen molar-refractivity contribution in [1.29, 1.82) is 0 Å². The van der Waals surface area contributed by atoms with Gasteiger partial charge in [0.15, 0.2) is 34.7 Å². The zero-order valence-electron chi connectivity index (χ0n) is 80.3. The molecule has 0 saturated heterocycles. The van der Waals surface area contributed by atoms with Gasteiger partial charge in [0.25, 0.3) is 0 Å². The zero-order valence-corrected chi connectivity index (χ0v) is 84.7. The third-order valence-electron chi connectivity index (χ3n) is 25.5. The van der Waals surface area contributed by atoms with E-state index in [1.54, 1.807) is 57.6 Å². The standard InChI is InChI=1S/C26H42O2Si.C14H15F7O2.C11H22O2Si.4C11H10O2.2C7H6O.Eu/c1-20-15-16-23(26(6,7)22-13-11-10-12-14-22)24(19-20)27-18-17-21(2)28-29(8,9)25(3,4)5;1-10(2)6-4-5-11(10,3)8(22)7(6)9(23)12(15,16)13(17,18)14(19,20)21;1-10(8-9-12-5)13-14(6,7)11(2,3)4;4*12-10-6-7-13-11(8-10)9-4-2-1-3-5-9;2*8-6-7-4-2-1-3-5-7;/h10-14,17-18,20,23-24H,2,15-16,19H2,1,3-9H3;6,23H,4-5H2,1-3H3;8-9H,1H2,2-7H3;4*1-7,11H,8H2;2*1-6H;/b18-17+;;9-8+;;;;;;;/t20-,23-,24?;;;4*11-;;;/m1..1100.../s1. The number of aldehydes is 2. The van der Waals surface area contributed by atoms with Gasteiger partial charge in [0.05, 0.1) is 81.9 Å². The van der Waals surface area contributed by atoms with Crippen LogP contribution in [0.1, 0.15) is 214 Å². The van der Waals surface area contributed by atoms with E-state index in [1.807, 2.05) is 170 Å². The van der Waals surface area contributed by atoms with Crippen LogP contribution in [0.25, 0.3) is 0 Å². The molecule has 7 aromatic carbocycles. The molecule has 3 unspecified atom stereocenters. The molecular formula is C109H131EuF7O16Si2. The molecule has 14 rings (SSSR count). The average Bonchev–Trinajstić information content (AvgIpc) is 1.53. The molecule has 7 aromatic rings.